The zero-order valence-electron chi connectivity index (χ0n) is 11.7. The molecule has 2 N–H and O–H groups in total. The van der Waals surface area contributed by atoms with Crippen molar-refractivity contribution < 1.29 is 9.13 Å². The Kier molecular flexibility index (Phi) is 4.19. The Balaban J connectivity index is 1.67. The molecule has 2 fully saturated rings. The van der Waals surface area contributed by atoms with Crippen LogP contribution in [0.3, 0.4) is 0 Å². The van der Waals surface area contributed by atoms with Crippen LogP contribution in [0.5, 0.6) is 0 Å². The van der Waals surface area contributed by atoms with Crippen LogP contribution in [-0.2, 0) is 11.3 Å². The highest BCUT2D eigenvalue weighted by Gasteiger charge is 2.29. The van der Waals surface area contributed by atoms with Crippen LogP contribution in [0, 0.1) is 5.82 Å². The summed E-state index contributed by atoms with van der Waals surface area (Å²) in [6, 6.07) is 5.85. The second kappa shape index (κ2) is 6.08. The van der Waals surface area contributed by atoms with Crippen molar-refractivity contribution in [2.75, 3.05) is 44.3 Å². The molecule has 2 saturated heterocycles. The van der Waals surface area contributed by atoms with E-state index in [1.165, 1.54) is 0 Å². The molecule has 1 unspecified atom stereocenters. The maximum absolute atomic E-state index is 14.1. The topological polar surface area (TPSA) is 41.7 Å². The lowest BCUT2D eigenvalue weighted by Gasteiger charge is -2.32. The van der Waals surface area contributed by atoms with Gasteiger partial charge in [0.15, 0.2) is 0 Å². The van der Waals surface area contributed by atoms with Crippen molar-refractivity contribution >= 4 is 5.69 Å². The van der Waals surface area contributed by atoms with Gasteiger partial charge in [-0.15, -0.1) is 0 Å². The molecule has 110 valence electrons. The number of morpholine rings is 1. The third-order valence-electron chi connectivity index (χ3n) is 4.31. The molecular weight excluding hydrogens is 257 g/mol. The molecule has 0 bridgehead atoms. The molecule has 0 amide bonds. The van der Waals surface area contributed by atoms with E-state index >= 15 is 0 Å². The minimum absolute atomic E-state index is 0.157. The third kappa shape index (κ3) is 2.80. The smallest absolute Gasteiger partial charge is 0.146 e. The summed E-state index contributed by atoms with van der Waals surface area (Å²) in [5, 5.41) is 0. The predicted octanol–water partition coefficient (Wildman–Crippen LogP) is 1.20. The number of hydrogen-bond donors (Lipinski definition) is 1. The predicted molar refractivity (Wildman–Crippen MR) is 77.3 cm³/mol. The summed E-state index contributed by atoms with van der Waals surface area (Å²) >= 11 is 0. The SMILES string of the molecule is NCc1ccc(N2CCC(N3CCOCC3)C2)c(F)c1. The van der Waals surface area contributed by atoms with Crippen molar-refractivity contribution in [1.82, 2.24) is 4.90 Å². The molecule has 0 aliphatic carbocycles. The van der Waals surface area contributed by atoms with Gasteiger partial charge in [0.25, 0.3) is 0 Å². The number of ether oxygens (including phenoxy) is 1. The highest BCUT2D eigenvalue weighted by molar-refractivity contribution is 5.50. The van der Waals surface area contributed by atoms with Gasteiger partial charge in [0.2, 0.25) is 0 Å². The summed E-state index contributed by atoms with van der Waals surface area (Å²) in [5.41, 5.74) is 7.09. The summed E-state index contributed by atoms with van der Waals surface area (Å²) in [6.45, 7) is 5.82. The van der Waals surface area contributed by atoms with E-state index in [2.05, 4.69) is 9.80 Å². The van der Waals surface area contributed by atoms with Crippen LogP contribution in [-0.4, -0.2) is 50.3 Å². The molecule has 5 heteroatoms. The molecule has 1 aromatic carbocycles. The lowest BCUT2D eigenvalue weighted by Crippen LogP contribution is -2.44. The first kappa shape index (κ1) is 13.8. The number of benzene rings is 1. The molecular formula is C15H22FN3O. The zero-order valence-corrected chi connectivity index (χ0v) is 11.7. The van der Waals surface area contributed by atoms with E-state index < -0.39 is 0 Å². The highest BCUT2D eigenvalue weighted by Crippen LogP contribution is 2.26. The second-order valence-electron chi connectivity index (χ2n) is 5.53. The molecule has 1 aromatic rings. The van der Waals surface area contributed by atoms with E-state index in [9.17, 15) is 4.39 Å². The molecule has 0 spiro atoms. The summed E-state index contributed by atoms with van der Waals surface area (Å²) in [7, 11) is 0. The van der Waals surface area contributed by atoms with Gasteiger partial charge in [0, 0.05) is 38.8 Å². The maximum atomic E-state index is 14.1. The highest BCUT2D eigenvalue weighted by atomic mass is 19.1. The number of rotatable bonds is 3. The van der Waals surface area contributed by atoms with Crippen molar-refractivity contribution in [3.05, 3.63) is 29.6 Å². The Morgan fingerprint density at radius 1 is 1.25 bits per heavy atom. The summed E-state index contributed by atoms with van der Waals surface area (Å²) < 4.78 is 19.5. The number of anilines is 1. The first-order chi connectivity index (χ1) is 9.78. The molecule has 2 aliphatic rings. The molecule has 1 atom stereocenters. The van der Waals surface area contributed by atoms with Gasteiger partial charge < -0.3 is 15.4 Å². The summed E-state index contributed by atoms with van der Waals surface area (Å²) in [4.78, 5) is 4.62. The standard InChI is InChI=1S/C15H22FN3O/c16-14-9-12(10-17)1-2-15(14)19-4-3-13(11-19)18-5-7-20-8-6-18/h1-2,9,13H,3-8,10-11,17H2. The van der Waals surface area contributed by atoms with Crippen LogP contribution in [0.25, 0.3) is 0 Å². The fourth-order valence-electron chi connectivity index (χ4n) is 3.14. The molecule has 0 saturated carbocycles. The Morgan fingerprint density at radius 3 is 2.75 bits per heavy atom. The summed E-state index contributed by atoms with van der Waals surface area (Å²) in [6.07, 6.45) is 1.10. The molecule has 3 rings (SSSR count). The fourth-order valence-corrected chi connectivity index (χ4v) is 3.14. The van der Waals surface area contributed by atoms with Gasteiger partial charge in [0.05, 0.1) is 18.9 Å². The van der Waals surface area contributed by atoms with Crippen LogP contribution in [0.15, 0.2) is 18.2 Å². The normalized spacial score (nSPS) is 24.3. The van der Waals surface area contributed by atoms with E-state index in [1.807, 2.05) is 12.1 Å². The first-order valence-corrected chi connectivity index (χ1v) is 7.33. The van der Waals surface area contributed by atoms with Gasteiger partial charge in [0.1, 0.15) is 5.82 Å². The largest absolute Gasteiger partial charge is 0.379 e. The molecule has 0 aromatic heterocycles. The van der Waals surface area contributed by atoms with E-state index in [1.54, 1.807) is 6.07 Å². The average Bonchev–Trinajstić information content (AvgIpc) is 2.97. The van der Waals surface area contributed by atoms with E-state index in [-0.39, 0.29) is 5.82 Å². The second-order valence-corrected chi connectivity index (χ2v) is 5.53. The fraction of sp³-hybridized carbons (Fsp3) is 0.600. The van der Waals surface area contributed by atoms with Gasteiger partial charge in [-0.2, -0.15) is 0 Å². The van der Waals surface area contributed by atoms with Crippen LogP contribution in [0.2, 0.25) is 0 Å². The van der Waals surface area contributed by atoms with Gasteiger partial charge >= 0.3 is 0 Å². The maximum Gasteiger partial charge on any atom is 0.146 e. The summed E-state index contributed by atoms with van der Waals surface area (Å²) in [5.74, 6) is -0.157. The van der Waals surface area contributed by atoms with Crippen LogP contribution in [0.1, 0.15) is 12.0 Å². The minimum Gasteiger partial charge on any atom is -0.379 e. The first-order valence-electron chi connectivity index (χ1n) is 7.33. The molecule has 0 radical (unpaired) electrons. The molecule has 2 heterocycles. The zero-order chi connectivity index (χ0) is 13.9. The molecule has 20 heavy (non-hydrogen) atoms. The Labute approximate surface area is 119 Å². The van der Waals surface area contributed by atoms with E-state index in [0.717, 1.165) is 51.4 Å². The van der Waals surface area contributed by atoms with Gasteiger partial charge in [-0.25, -0.2) is 4.39 Å². The number of halogens is 1. The van der Waals surface area contributed by atoms with Gasteiger partial charge in [-0.05, 0) is 24.1 Å². The van der Waals surface area contributed by atoms with Crippen molar-refractivity contribution in [2.24, 2.45) is 5.73 Å². The average molecular weight is 279 g/mol. The third-order valence-corrected chi connectivity index (χ3v) is 4.31. The lowest BCUT2D eigenvalue weighted by atomic mass is 10.2. The van der Waals surface area contributed by atoms with Gasteiger partial charge in [-0.3, -0.25) is 4.90 Å². The lowest BCUT2D eigenvalue weighted by molar-refractivity contribution is 0.0209. The molecule has 2 aliphatic heterocycles. The molecule has 4 nitrogen and oxygen atoms in total. The number of nitrogens with two attached hydrogens (primary N) is 1. The van der Waals surface area contributed by atoms with Crippen molar-refractivity contribution in [2.45, 2.75) is 19.0 Å². The van der Waals surface area contributed by atoms with Crippen LogP contribution >= 0.6 is 0 Å². The Hall–Kier alpha value is -1.17. The van der Waals surface area contributed by atoms with Gasteiger partial charge in [-0.1, -0.05) is 6.07 Å². The van der Waals surface area contributed by atoms with Crippen molar-refractivity contribution in [1.29, 1.82) is 0 Å². The van der Waals surface area contributed by atoms with E-state index in [4.69, 9.17) is 10.5 Å². The Morgan fingerprint density at radius 2 is 2.05 bits per heavy atom. The van der Waals surface area contributed by atoms with Crippen molar-refractivity contribution in [3.63, 3.8) is 0 Å². The van der Waals surface area contributed by atoms with Crippen LogP contribution < -0.4 is 10.6 Å². The minimum atomic E-state index is -0.157. The quantitative estimate of drug-likeness (QED) is 0.902. The number of hydrogen-bond acceptors (Lipinski definition) is 4. The monoisotopic (exact) mass is 279 g/mol. The number of nitrogens with zero attached hydrogens (tertiary/aromatic N) is 2. The van der Waals surface area contributed by atoms with Crippen molar-refractivity contribution in [3.8, 4) is 0 Å². The van der Waals surface area contributed by atoms with Crippen LogP contribution in [0.4, 0.5) is 10.1 Å². The Bertz CT molecular complexity index is 462. The van der Waals surface area contributed by atoms with E-state index in [0.29, 0.717) is 18.3 Å².